The molecule has 8 heteroatoms. The molecule has 0 aromatic carbocycles. The third-order valence-corrected chi connectivity index (χ3v) is 4.85. The lowest BCUT2D eigenvalue weighted by molar-refractivity contribution is -0.126. The molecule has 118 valence electrons. The summed E-state index contributed by atoms with van der Waals surface area (Å²) in [6.07, 6.45) is 2.28. The standard InChI is InChI=1S/C14H19N5O2S/c1-3-10-8-22-12(16-10)6-15-13(20)9-4-5-11-17-18(2)14(21)19(11)7-9/h8-9H,3-7H2,1-2H3,(H,15,20)/t9-/m1/s1. The lowest BCUT2D eigenvalue weighted by atomic mass is 9.98. The Balaban J connectivity index is 1.61. The van der Waals surface area contributed by atoms with Crippen molar-refractivity contribution in [3.63, 3.8) is 0 Å². The van der Waals surface area contributed by atoms with Crippen LogP contribution in [0.1, 0.15) is 29.9 Å². The quantitative estimate of drug-likeness (QED) is 0.888. The Labute approximate surface area is 132 Å². The molecule has 2 aromatic rings. The molecular weight excluding hydrogens is 302 g/mol. The summed E-state index contributed by atoms with van der Waals surface area (Å²) in [5.41, 5.74) is 0.901. The van der Waals surface area contributed by atoms with E-state index in [-0.39, 0.29) is 17.5 Å². The maximum absolute atomic E-state index is 12.3. The molecule has 0 unspecified atom stereocenters. The predicted octanol–water partition coefficient (Wildman–Crippen LogP) is 0.479. The summed E-state index contributed by atoms with van der Waals surface area (Å²) in [7, 11) is 1.64. The molecule has 1 atom stereocenters. The van der Waals surface area contributed by atoms with Gasteiger partial charge < -0.3 is 5.32 Å². The highest BCUT2D eigenvalue weighted by molar-refractivity contribution is 7.09. The number of hydrogen-bond acceptors (Lipinski definition) is 5. The van der Waals surface area contributed by atoms with Gasteiger partial charge in [0.05, 0.1) is 18.2 Å². The second kappa shape index (κ2) is 6.04. The summed E-state index contributed by atoms with van der Waals surface area (Å²) in [6, 6.07) is 0. The fraction of sp³-hybridized carbons (Fsp3) is 0.571. The van der Waals surface area contributed by atoms with Crippen molar-refractivity contribution in [2.45, 2.75) is 39.3 Å². The van der Waals surface area contributed by atoms with Crippen molar-refractivity contribution in [1.82, 2.24) is 24.6 Å². The molecular formula is C14H19N5O2S. The largest absolute Gasteiger partial charge is 0.349 e. The predicted molar refractivity (Wildman–Crippen MR) is 82.6 cm³/mol. The summed E-state index contributed by atoms with van der Waals surface area (Å²) >= 11 is 1.56. The number of nitrogens with zero attached hydrogens (tertiary/aromatic N) is 4. The van der Waals surface area contributed by atoms with Gasteiger partial charge in [-0.3, -0.25) is 9.36 Å². The van der Waals surface area contributed by atoms with Crippen LogP contribution < -0.4 is 11.0 Å². The molecule has 2 aromatic heterocycles. The van der Waals surface area contributed by atoms with Crippen molar-refractivity contribution in [3.05, 3.63) is 32.4 Å². The molecule has 1 aliphatic rings. The van der Waals surface area contributed by atoms with E-state index in [1.165, 1.54) is 4.68 Å². The minimum absolute atomic E-state index is 0.0188. The Morgan fingerprint density at radius 3 is 3.09 bits per heavy atom. The zero-order valence-corrected chi connectivity index (χ0v) is 13.5. The average molecular weight is 321 g/mol. The summed E-state index contributed by atoms with van der Waals surface area (Å²) in [6.45, 7) is 2.92. The first-order chi connectivity index (χ1) is 10.6. The van der Waals surface area contributed by atoms with Crippen LogP contribution in [0.3, 0.4) is 0 Å². The van der Waals surface area contributed by atoms with Crippen LogP contribution in [0, 0.1) is 5.92 Å². The van der Waals surface area contributed by atoms with Crippen LogP contribution in [0.2, 0.25) is 0 Å². The van der Waals surface area contributed by atoms with Gasteiger partial charge in [-0.25, -0.2) is 14.5 Å². The maximum Gasteiger partial charge on any atom is 0.345 e. The number of aromatic nitrogens is 4. The minimum Gasteiger partial charge on any atom is -0.349 e. The van der Waals surface area contributed by atoms with E-state index < -0.39 is 0 Å². The number of hydrogen-bond donors (Lipinski definition) is 1. The number of nitrogens with one attached hydrogen (secondary N) is 1. The van der Waals surface area contributed by atoms with Gasteiger partial charge in [0.1, 0.15) is 10.8 Å². The van der Waals surface area contributed by atoms with Gasteiger partial charge >= 0.3 is 5.69 Å². The third kappa shape index (κ3) is 2.83. The zero-order chi connectivity index (χ0) is 15.7. The van der Waals surface area contributed by atoms with Crippen LogP contribution in [-0.2, 0) is 37.8 Å². The number of aryl methyl sites for hydroxylation is 3. The Hall–Kier alpha value is -1.96. The second-order valence-corrected chi connectivity index (χ2v) is 6.42. The molecule has 0 saturated carbocycles. The van der Waals surface area contributed by atoms with E-state index in [0.717, 1.165) is 29.4 Å². The van der Waals surface area contributed by atoms with Gasteiger partial charge in [0.2, 0.25) is 5.91 Å². The first-order valence-corrected chi connectivity index (χ1v) is 8.30. The topological polar surface area (TPSA) is 81.8 Å². The van der Waals surface area contributed by atoms with Crippen LogP contribution in [0.5, 0.6) is 0 Å². The van der Waals surface area contributed by atoms with E-state index in [1.54, 1.807) is 23.0 Å². The Morgan fingerprint density at radius 1 is 1.55 bits per heavy atom. The molecule has 3 rings (SSSR count). The van der Waals surface area contributed by atoms with E-state index in [2.05, 4.69) is 22.3 Å². The van der Waals surface area contributed by atoms with Crippen LogP contribution in [0.4, 0.5) is 0 Å². The van der Waals surface area contributed by atoms with Crippen molar-refractivity contribution in [2.75, 3.05) is 0 Å². The van der Waals surface area contributed by atoms with E-state index in [9.17, 15) is 9.59 Å². The first kappa shape index (κ1) is 15.0. The molecule has 1 aliphatic heterocycles. The number of fused-ring (bicyclic) bond motifs is 1. The smallest absolute Gasteiger partial charge is 0.345 e. The van der Waals surface area contributed by atoms with Gasteiger partial charge in [0, 0.05) is 25.4 Å². The van der Waals surface area contributed by atoms with E-state index in [0.29, 0.717) is 19.5 Å². The fourth-order valence-electron chi connectivity index (χ4n) is 2.65. The maximum atomic E-state index is 12.3. The number of rotatable bonds is 4. The number of carbonyl (C=O) groups excluding carboxylic acids is 1. The SMILES string of the molecule is CCc1csc(CNC(=O)[C@@H]2CCc3nn(C)c(=O)n3C2)n1. The first-order valence-electron chi connectivity index (χ1n) is 7.42. The fourth-order valence-corrected chi connectivity index (χ4v) is 3.47. The van der Waals surface area contributed by atoms with Gasteiger partial charge in [-0.05, 0) is 12.8 Å². The molecule has 0 fully saturated rings. The zero-order valence-electron chi connectivity index (χ0n) is 12.7. The van der Waals surface area contributed by atoms with Crippen molar-refractivity contribution in [1.29, 1.82) is 0 Å². The van der Waals surface area contributed by atoms with Crippen molar-refractivity contribution < 1.29 is 4.79 Å². The molecule has 7 nitrogen and oxygen atoms in total. The van der Waals surface area contributed by atoms with E-state index in [1.807, 2.05) is 5.38 Å². The lowest BCUT2D eigenvalue weighted by Gasteiger charge is -2.21. The highest BCUT2D eigenvalue weighted by atomic mass is 32.1. The van der Waals surface area contributed by atoms with Gasteiger partial charge in [-0.15, -0.1) is 11.3 Å². The van der Waals surface area contributed by atoms with Crippen molar-refractivity contribution in [2.24, 2.45) is 13.0 Å². The molecule has 1 amide bonds. The van der Waals surface area contributed by atoms with Gasteiger partial charge in [-0.1, -0.05) is 6.92 Å². The Bertz CT molecular complexity index is 745. The van der Waals surface area contributed by atoms with Gasteiger partial charge in [0.25, 0.3) is 0 Å². The highest BCUT2D eigenvalue weighted by Crippen LogP contribution is 2.17. The van der Waals surface area contributed by atoms with Gasteiger partial charge in [0.15, 0.2) is 0 Å². The van der Waals surface area contributed by atoms with Crippen LogP contribution in [0.25, 0.3) is 0 Å². The van der Waals surface area contributed by atoms with Crippen LogP contribution >= 0.6 is 11.3 Å². The molecule has 0 bridgehead atoms. The second-order valence-electron chi connectivity index (χ2n) is 5.47. The molecule has 3 heterocycles. The molecule has 0 saturated heterocycles. The lowest BCUT2D eigenvalue weighted by Crippen LogP contribution is -2.38. The van der Waals surface area contributed by atoms with E-state index >= 15 is 0 Å². The number of carbonyl (C=O) groups is 1. The van der Waals surface area contributed by atoms with Gasteiger partial charge in [-0.2, -0.15) is 5.10 Å². The number of amides is 1. The summed E-state index contributed by atoms with van der Waals surface area (Å²) < 4.78 is 2.93. The average Bonchev–Trinajstić information content (AvgIpc) is 3.10. The minimum atomic E-state index is -0.181. The number of thiazole rings is 1. The molecule has 0 radical (unpaired) electrons. The van der Waals surface area contributed by atoms with Crippen molar-refractivity contribution in [3.8, 4) is 0 Å². The highest BCUT2D eigenvalue weighted by Gasteiger charge is 2.27. The summed E-state index contributed by atoms with van der Waals surface area (Å²) in [5.74, 6) is 0.568. The molecule has 0 spiro atoms. The summed E-state index contributed by atoms with van der Waals surface area (Å²) in [4.78, 5) is 28.7. The normalized spacial score (nSPS) is 17.3. The van der Waals surface area contributed by atoms with Crippen LogP contribution in [-0.4, -0.2) is 25.2 Å². The Kier molecular flexibility index (Phi) is 4.10. The van der Waals surface area contributed by atoms with E-state index in [4.69, 9.17) is 0 Å². The monoisotopic (exact) mass is 321 g/mol. The third-order valence-electron chi connectivity index (χ3n) is 3.95. The van der Waals surface area contributed by atoms with Crippen LogP contribution in [0.15, 0.2) is 10.2 Å². The molecule has 0 aliphatic carbocycles. The molecule has 1 N–H and O–H groups in total. The Morgan fingerprint density at radius 2 is 2.36 bits per heavy atom. The summed E-state index contributed by atoms with van der Waals surface area (Å²) in [5, 5.41) is 10.0. The molecule has 22 heavy (non-hydrogen) atoms. The van der Waals surface area contributed by atoms with Crippen molar-refractivity contribution >= 4 is 17.2 Å².